The summed E-state index contributed by atoms with van der Waals surface area (Å²) in [6, 6.07) is 0. The first-order valence-corrected chi connectivity index (χ1v) is 6.21. The van der Waals surface area contributed by atoms with E-state index in [-0.39, 0.29) is 19.0 Å². The van der Waals surface area contributed by atoms with E-state index >= 15 is 0 Å². The van der Waals surface area contributed by atoms with Gasteiger partial charge in [0.25, 0.3) is 0 Å². The zero-order chi connectivity index (χ0) is 13.6. The van der Waals surface area contributed by atoms with Gasteiger partial charge in [-0.3, -0.25) is 9.59 Å². The largest absolute Gasteiger partial charge is 0.480 e. The summed E-state index contributed by atoms with van der Waals surface area (Å²) in [5.41, 5.74) is -0.495. The van der Waals surface area contributed by atoms with Crippen LogP contribution in [0.5, 0.6) is 0 Å². The first-order valence-electron chi connectivity index (χ1n) is 6.21. The third-order valence-electron chi connectivity index (χ3n) is 3.50. The molecule has 1 saturated heterocycles. The normalized spacial score (nSPS) is 23.1. The predicted octanol–water partition coefficient (Wildman–Crippen LogP) is 0.313. The quantitative estimate of drug-likeness (QED) is 0.691. The molecular weight excluding hydrogens is 232 g/mol. The second-order valence-electron chi connectivity index (χ2n) is 4.67. The number of carboxylic acids is 1. The maximum Gasteiger partial charge on any atom is 0.323 e. The zero-order valence-electron chi connectivity index (χ0n) is 10.7. The van der Waals surface area contributed by atoms with Gasteiger partial charge in [0, 0.05) is 6.54 Å². The SMILES string of the molecule is C#CCN(CC(=O)O)C(=O)C1(CC)CCCNC1. The lowest BCUT2D eigenvalue weighted by atomic mass is 9.77. The summed E-state index contributed by atoms with van der Waals surface area (Å²) >= 11 is 0. The van der Waals surface area contributed by atoms with Crippen LogP contribution < -0.4 is 5.32 Å². The van der Waals surface area contributed by atoms with E-state index in [0.29, 0.717) is 13.0 Å². The molecule has 1 rings (SSSR count). The summed E-state index contributed by atoms with van der Waals surface area (Å²) < 4.78 is 0. The highest BCUT2D eigenvalue weighted by Crippen LogP contribution is 2.32. The highest BCUT2D eigenvalue weighted by atomic mass is 16.4. The maximum atomic E-state index is 12.5. The summed E-state index contributed by atoms with van der Waals surface area (Å²) in [7, 11) is 0. The van der Waals surface area contributed by atoms with Gasteiger partial charge in [-0.25, -0.2) is 0 Å². The molecule has 0 aliphatic carbocycles. The van der Waals surface area contributed by atoms with E-state index in [9.17, 15) is 9.59 Å². The van der Waals surface area contributed by atoms with Gasteiger partial charge in [-0.1, -0.05) is 12.8 Å². The van der Waals surface area contributed by atoms with Gasteiger partial charge in [0.1, 0.15) is 6.54 Å². The molecule has 0 spiro atoms. The van der Waals surface area contributed by atoms with Gasteiger partial charge < -0.3 is 15.3 Å². The van der Waals surface area contributed by atoms with Gasteiger partial charge in [0.2, 0.25) is 5.91 Å². The van der Waals surface area contributed by atoms with E-state index in [1.807, 2.05) is 6.92 Å². The molecule has 1 atom stereocenters. The lowest BCUT2D eigenvalue weighted by molar-refractivity contribution is -0.150. The van der Waals surface area contributed by atoms with Crippen molar-refractivity contribution in [2.45, 2.75) is 26.2 Å². The van der Waals surface area contributed by atoms with Crippen LogP contribution in [-0.2, 0) is 9.59 Å². The summed E-state index contributed by atoms with van der Waals surface area (Å²) in [5.74, 6) is 1.18. The monoisotopic (exact) mass is 252 g/mol. The Morgan fingerprint density at radius 3 is 2.72 bits per heavy atom. The van der Waals surface area contributed by atoms with Crippen molar-refractivity contribution in [2.24, 2.45) is 5.41 Å². The molecule has 0 aromatic rings. The lowest BCUT2D eigenvalue weighted by Gasteiger charge is -2.38. The van der Waals surface area contributed by atoms with E-state index in [1.54, 1.807) is 0 Å². The van der Waals surface area contributed by atoms with Crippen molar-refractivity contribution in [1.29, 1.82) is 0 Å². The zero-order valence-corrected chi connectivity index (χ0v) is 10.7. The van der Waals surface area contributed by atoms with Crippen molar-refractivity contribution in [3.63, 3.8) is 0 Å². The highest BCUT2D eigenvalue weighted by Gasteiger charge is 2.40. The van der Waals surface area contributed by atoms with Crippen molar-refractivity contribution < 1.29 is 14.7 Å². The second kappa shape index (κ2) is 6.41. The molecule has 2 N–H and O–H groups in total. The number of hydrogen-bond donors (Lipinski definition) is 2. The number of nitrogens with one attached hydrogen (secondary N) is 1. The fourth-order valence-electron chi connectivity index (χ4n) is 2.41. The molecule has 1 amide bonds. The van der Waals surface area contributed by atoms with Crippen LogP contribution in [-0.4, -0.2) is 48.1 Å². The molecule has 0 aromatic carbocycles. The molecule has 5 nitrogen and oxygen atoms in total. The number of piperidine rings is 1. The average Bonchev–Trinajstić information content (AvgIpc) is 2.37. The Bertz CT molecular complexity index is 354. The Kier molecular flexibility index (Phi) is 5.17. The fraction of sp³-hybridized carbons (Fsp3) is 0.692. The van der Waals surface area contributed by atoms with E-state index < -0.39 is 11.4 Å². The molecule has 1 aliphatic rings. The number of rotatable bonds is 5. The first kappa shape index (κ1) is 14.5. The summed E-state index contributed by atoms with van der Waals surface area (Å²) in [4.78, 5) is 24.6. The molecular formula is C13H20N2O3. The van der Waals surface area contributed by atoms with Crippen LogP contribution in [0.4, 0.5) is 0 Å². The molecule has 0 radical (unpaired) electrons. The molecule has 0 bridgehead atoms. The maximum absolute atomic E-state index is 12.5. The Labute approximate surface area is 108 Å². The standard InChI is InChI=1S/C13H20N2O3/c1-3-8-15(9-11(16)17)12(18)13(4-2)6-5-7-14-10-13/h1,14H,4-10H2,2H3,(H,16,17). The number of terminal acetylenes is 1. The minimum Gasteiger partial charge on any atom is -0.480 e. The number of nitrogens with zero attached hydrogens (tertiary/aromatic N) is 1. The van der Waals surface area contributed by atoms with Gasteiger partial charge in [-0.15, -0.1) is 6.42 Å². The number of amides is 1. The van der Waals surface area contributed by atoms with Crippen LogP contribution in [0.2, 0.25) is 0 Å². The predicted molar refractivity (Wildman–Crippen MR) is 67.9 cm³/mol. The van der Waals surface area contributed by atoms with Gasteiger partial charge in [-0.05, 0) is 25.8 Å². The minimum atomic E-state index is -1.03. The van der Waals surface area contributed by atoms with Gasteiger partial charge >= 0.3 is 5.97 Å². The third-order valence-corrected chi connectivity index (χ3v) is 3.50. The fourth-order valence-corrected chi connectivity index (χ4v) is 2.41. The number of carbonyl (C=O) groups is 2. The molecule has 1 unspecified atom stereocenters. The van der Waals surface area contributed by atoms with Gasteiger partial charge in [0.15, 0.2) is 0 Å². The molecule has 1 aliphatic heterocycles. The number of carboxylic acid groups (broad SMARTS) is 1. The second-order valence-corrected chi connectivity index (χ2v) is 4.67. The topological polar surface area (TPSA) is 69.6 Å². The van der Waals surface area contributed by atoms with E-state index in [2.05, 4.69) is 11.2 Å². The van der Waals surface area contributed by atoms with Crippen LogP contribution in [0.15, 0.2) is 0 Å². The smallest absolute Gasteiger partial charge is 0.323 e. The first-order chi connectivity index (χ1) is 8.55. The van der Waals surface area contributed by atoms with Crippen molar-refractivity contribution in [3.05, 3.63) is 0 Å². The van der Waals surface area contributed by atoms with Crippen molar-refractivity contribution >= 4 is 11.9 Å². The van der Waals surface area contributed by atoms with Crippen molar-refractivity contribution in [1.82, 2.24) is 10.2 Å². The van der Waals surface area contributed by atoms with Crippen molar-refractivity contribution in [2.75, 3.05) is 26.2 Å². The van der Waals surface area contributed by atoms with Crippen LogP contribution in [0.1, 0.15) is 26.2 Å². The van der Waals surface area contributed by atoms with E-state index in [4.69, 9.17) is 11.5 Å². The molecule has 18 heavy (non-hydrogen) atoms. The number of hydrogen-bond acceptors (Lipinski definition) is 3. The Morgan fingerprint density at radius 2 is 2.28 bits per heavy atom. The summed E-state index contributed by atoms with van der Waals surface area (Å²) in [5, 5.41) is 12.0. The average molecular weight is 252 g/mol. The number of aliphatic carboxylic acids is 1. The van der Waals surface area contributed by atoms with Gasteiger partial charge in [-0.2, -0.15) is 0 Å². The third kappa shape index (κ3) is 3.23. The molecule has 100 valence electrons. The van der Waals surface area contributed by atoms with Crippen LogP contribution in [0.25, 0.3) is 0 Å². The Morgan fingerprint density at radius 1 is 1.56 bits per heavy atom. The molecule has 0 saturated carbocycles. The lowest BCUT2D eigenvalue weighted by Crippen LogP contribution is -2.52. The molecule has 1 heterocycles. The Hall–Kier alpha value is -1.54. The van der Waals surface area contributed by atoms with E-state index in [0.717, 1.165) is 19.4 Å². The molecule has 0 aromatic heterocycles. The van der Waals surface area contributed by atoms with Gasteiger partial charge in [0.05, 0.1) is 12.0 Å². The summed E-state index contributed by atoms with van der Waals surface area (Å²) in [6.07, 6.45) is 7.61. The summed E-state index contributed by atoms with van der Waals surface area (Å²) in [6.45, 7) is 3.18. The van der Waals surface area contributed by atoms with E-state index in [1.165, 1.54) is 4.90 Å². The van der Waals surface area contributed by atoms with Crippen LogP contribution >= 0.6 is 0 Å². The minimum absolute atomic E-state index is 0.0485. The molecule has 5 heteroatoms. The highest BCUT2D eigenvalue weighted by molar-refractivity contribution is 5.86. The molecule has 1 fully saturated rings. The van der Waals surface area contributed by atoms with Crippen LogP contribution in [0, 0.1) is 17.8 Å². The van der Waals surface area contributed by atoms with Crippen molar-refractivity contribution in [3.8, 4) is 12.3 Å². The number of carbonyl (C=O) groups excluding carboxylic acids is 1. The van der Waals surface area contributed by atoms with Crippen LogP contribution in [0.3, 0.4) is 0 Å². The Balaban J connectivity index is 2.85.